The third kappa shape index (κ3) is 5.11. The molecule has 0 aliphatic heterocycles. The minimum absolute atomic E-state index is 0.522. The molecular weight excluding hydrogens is 292 g/mol. The largest absolute Gasteiger partial charge is 0.421 e. The summed E-state index contributed by atoms with van der Waals surface area (Å²) in [5.41, 5.74) is 2.32. The van der Waals surface area contributed by atoms with E-state index in [1.807, 2.05) is 66.7 Å². The Bertz CT molecular complexity index is 674. The molecule has 4 heteroatoms. The normalized spacial score (nSPS) is 11.2. The van der Waals surface area contributed by atoms with Crippen LogP contribution in [0.15, 0.2) is 60.7 Å². The standard InChI is InChI=1S/C19H18O4/c1-14(20)22-19(23-15(2)21)18(17-11-7-4-8-12-17)13-16-9-5-3-6-10-16/h3-13,19H,1-2H3. The number of rotatable bonds is 5. The lowest BCUT2D eigenvalue weighted by Crippen LogP contribution is -2.24. The summed E-state index contributed by atoms with van der Waals surface area (Å²) in [6, 6.07) is 18.9. The van der Waals surface area contributed by atoms with Crippen LogP contribution in [0.2, 0.25) is 0 Å². The summed E-state index contributed by atoms with van der Waals surface area (Å²) in [6.45, 7) is 2.56. The average Bonchev–Trinajstić information content (AvgIpc) is 2.53. The molecule has 0 saturated heterocycles. The Morgan fingerprint density at radius 3 is 1.78 bits per heavy atom. The van der Waals surface area contributed by atoms with Crippen molar-refractivity contribution < 1.29 is 19.1 Å². The molecule has 0 N–H and O–H groups in total. The minimum atomic E-state index is -1.09. The molecule has 0 amide bonds. The Morgan fingerprint density at radius 2 is 1.30 bits per heavy atom. The summed E-state index contributed by atoms with van der Waals surface area (Å²) in [5.74, 6) is -1.04. The predicted octanol–water partition coefficient (Wildman–Crippen LogP) is 3.68. The van der Waals surface area contributed by atoms with E-state index >= 15 is 0 Å². The van der Waals surface area contributed by atoms with Crippen LogP contribution in [-0.4, -0.2) is 18.2 Å². The van der Waals surface area contributed by atoms with Gasteiger partial charge < -0.3 is 9.47 Å². The van der Waals surface area contributed by atoms with E-state index < -0.39 is 18.2 Å². The molecule has 0 aliphatic carbocycles. The Morgan fingerprint density at radius 1 is 0.826 bits per heavy atom. The van der Waals surface area contributed by atoms with Crippen molar-refractivity contribution in [2.24, 2.45) is 0 Å². The summed E-state index contributed by atoms with van der Waals surface area (Å²) >= 11 is 0. The van der Waals surface area contributed by atoms with Crippen LogP contribution >= 0.6 is 0 Å². The van der Waals surface area contributed by atoms with Gasteiger partial charge >= 0.3 is 11.9 Å². The van der Waals surface area contributed by atoms with E-state index in [-0.39, 0.29) is 0 Å². The first-order valence-corrected chi connectivity index (χ1v) is 7.23. The summed E-state index contributed by atoms with van der Waals surface area (Å²) < 4.78 is 10.4. The Kier molecular flexibility index (Phi) is 5.69. The van der Waals surface area contributed by atoms with Gasteiger partial charge in [-0.1, -0.05) is 60.7 Å². The van der Waals surface area contributed by atoms with Crippen LogP contribution < -0.4 is 0 Å². The molecule has 0 aliphatic rings. The molecule has 4 nitrogen and oxygen atoms in total. The fraction of sp³-hybridized carbons (Fsp3) is 0.158. The molecular formula is C19H18O4. The van der Waals surface area contributed by atoms with Crippen molar-refractivity contribution in [2.75, 3.05) is 0 Å². The maximum atomic E-state index is 11.4. The number of benzene rings is 2. The molecule has 0 saturated carbocycles. The van der Waals surface area contributed by atoms with Crippen LogP contribution in [0.25, 0.3) is 11.6 Å². The number of hydrogen-bond donors (Lipinski definition) is 0. The van der Waals surface area contributed by atoms with Gasteiger partial charge in [-0.15, -0.1) is 0 Å². The van der Waals surface area contributed by atoms with Crippen molar-refractivity contribution in [1.29, 1.82) is 0 Å². The van der Waals surface area contributed by atoms with Crippen LogP contribution in [0.3, 0.4) is 0 Å². The molecule has 0 bridgehead atoms. The number of carbonyl (C=O) groups excluding carboxylic acids is 2. The van der Waals surface area contributed by atoms with Gasteiger partial charge in [-0.25, -0.2) is 0 Å². The lowest BCUT2D eigenvalue weighted by Gasteiger charge is -2.20. The molecule has 0 radical (unpaired) electrons. The monoisotopic (exact) mass is 310 g/mol. The highest BCUT2D eigenvalue weighted by molar-refractivity contribution is 5.85. The topological polar surface area (TPSA) is 52.6 Å². The Labute approximate surface area is 135 Å². The van der Waals surface area contributed by atoms with Crippen LogP contribution in [0.4, 0.5) is 0 Å². The second-order valence-electron chi connectivity index (χ2n) is 4.93. The summed E-state index contributed by atoms with van der Waals surface area (Å²) in [7, 11) is 0. The Hall–Kier alpha value is -2.88. The highest BCUT2D eigenvalue weighted by atomic mass is 16.7. The number of ether oxygens (including phenoxy) is 2. The molecule has 2 aromatic rings. The van der Waals surface area contributed by atoms with Crippen molar-refractivity contribution in [3.63, 3.8) is 0 Å². The van der Waals surface area contributed by atoms with E-state index in [0.717, 1.165) is 11.1 Å². The number of esters is 2. The smallest absolute Gasteiger partial charge is 0.305 e. The molecule has 2 aromatic carbocycles. The van der Waals surface area contributed by atoms with E-state index in [2.05, 4.69) is 0 Å². The second kappa shape index (κ2) is 7.94. The number of carbonyl (C=O) groups is 2. The maximum Gasteiger partial charge on any atom is 0.305 e. The van der Waals surface area contributed by atoms with E-state index in [1.165, 1.54) is 13.8 Å². The van der Waals surface area contributed by atoms with Crippen LogP contribution in [0, 0.1) is 0 Å². The van der Waals surface area contributed by atoms with E-state index in [4.69, 9.17) is 9.47 Å². The maximum absolute atomic E-state index is 11.4. The van der Waals surface area contributed by atoms with Gasteiger partial charge in [-0.3, -0.25) is 9.59 Å². The zero-order valence-electron chi connectivity index (χ0n) is 13.1. The van der Waals surface area contributed by atoms with Gasteiger partial charge in [0.15, 0.2) is 0 Å². The van der Waals surface area contributed by atoms with Crippen molar-refractivity contribution >= 4 is 23.6 Å². The van der Waals surface area contributed by atoms with Gasteiger partial charge in [0.1, 0.15) is 0 Å². The van der Waals surface area contributed by atoms with Crippen LogP contribution in [0.1, 0.15) is 25.0 Å². The number of hydrogen-bond acceptors (Lipinski definition) is 4. The van der Waals surface area contributed by atoms with E-state index in [9.17, 15) is 9.59 Å². The van der Waals surface area contributed by atoms with Crippen LogP contribution in [0.5, 0.6) is 0 Å². The molecule has 0 unspecified atom stereocenters. The summed E-state index contributed by atoms with van der Waals surface area (Å²) in [6.07, 6.45) is 0.749. The quantitative estimate of drug-likeness (QED) is 0.480. The average molecular weight is 310 g/mol. The lowest BCUT2D eigenvalue weighted by molar-refractivity contribution is -0.174. The highest BCUT2D eigenvalue weighted by Gasteiger charge is 2.22. The first-order chi connectivity index (χ1) is 11.1. The third-order valence-corrected chi connectivity index (χ3v) is 3.03. The predicted molar refractivity (Wildman–Crippen MR) is 88.1 cm³/mol. The van der Waals surface area contributed by atoms with E-state index in [1.54, 1.807) is 0 Å². The summed E-state index contributed by atoms with van der Waals surface area (Å²) in [5, 5.41) is 0. The zero-order chi connectivity index (χ0) is 16.7. The molecule has 0 aromatic heterocycles. The molecule has 118 valence electrons. The summed E-state index contributed by atoms with van der Waals surface area (Å²) in [4.78, 5) is 22.8. The van der Waals surface area contributed by atoms with Crippen molar-refractivity contribution in [3.8, 4) is 0 Å². The van der Waals surface area contributed by atoms with Crippen molar-refractivity contribution in [1.82, 2.24) is 0 Å². The zero-order valence-corrected chi connectivity index (χ0v) is 13.1. The second-order valence-corrected chi connectivity index (χ2v) is 4.93. The van der Waals surface area contributed by atoms with E-state index in [0.29, 0.717) is 5.57 Å². The Balaban J connectivity index is 2.48. The molecule has 23 heavy (non-hydrogen) atoms. The minimum Gasteiger partial charge on any atom is -0.421 e. The first-order valence-electron chi connectivity index (χ1n) is 7.23. The van der Waals surface area contributed by atoms with Gasteiger partial charge in [0.25, 0.3) is 6.29 Å². The van der Waals surface area contributed by atoms with Gasteiger partial charge in [0, 0.05) is 19.4 Å². The molecule has 2 rings (SSSR count). The van der Waals surface area contributed by atoms with Gasteiger partial charge in [-0.05, 0) is 17.2 Å². The third-order valence-electron chi connectivity index (χ3n) is 3.03. The molecule has 0 spiro atoms. The molecule has 0 fully saturated rings. The molecule has 0 atom stereocenters. The van der Waals surface area contributed by atoms with Gasteiger partial charge in [0.2, 0.25) is 0 Å². The van der Waals surface area contributed by atoms with Crippen molar-refractivity contribution in [3.05, 3.63) is 71.8 Å². The van der Waals surface area contributed by atoms with Gasteiger partial charge in [-0.2, -0.15) is 0 Å². The van der Waals surface area contributed by atoms with Crippen molar-refractivity contribution in [2.45, 2.75) is 20.1 Å². The SMILES string of the molecule is CC(=O)OC(OC(C)=O)C(=Cc1ccccc1)c1ccccc1. The van der Waals surface area contributed by atoms with Crippen LogP contribution in [-0.2, 0) is 19.1 Å². The van der Waals surface area contributed by atoms with Gasteiger partial charge in [0.05, 0.1) is 0 Å². The first kappa shape index (κ1) is 16.5. The fourth-order valence-electron chi connectivity index (χ4n) is 2.10. The molecule has 0 heterocycles. The highest BCUT2D eigenvalue weighted by Crippen LogP contribution is 2.25. The fourth-order valence-corrected chi connectivity index (χ4v) is 2.10. The lowest BCUT2D eigenvalue weighted by atomic mass is 10.0.